The fraction of sp³-hybridized carbons (Fsp3) is 0.636. The average molecular weight is 1310 g/mol. The summed E-state index contributed by atoms with van der Waals surface area (Å²) in [5, 5.41) is 46.2. The van der Waals surface area contributed by atoms with Crippen LogP contribution in [0.15, 0.2) is 35.3 Å². The first kappa shape index (κ1) is 77.7. The molecule has 0 aliphatic carbocycles. The second kappa shape index (κ2) is 40.3. The Labute approximate surface area is 529 Å². The highest BCUT2D eigenvalue weighted by Crippen LogP contribution is 2.22. The fourth-order valence-corrected chi connectivity index (χ4v) is 11.2. The Morgan fingerprint density at radius 2 is 1.20 bits per heavy atom. The van der Waals surface area contributed by atoms with Gasteiger partial charge in [0.1, 0.15) is 60.4 Å². The maximum Gasteiger partial charge on any atom is 0.245 e. The van der Waals surface area contributed by atoms with Gasteiger partial charge in [-0.15, -0.1) is 0 Å². The van der Waals surface area contributed by atoms with E-state index in [2.05, 4.69) is 58.2 Å². The molecule has 89 heavy (non-hydrogen) atoms. The Hall–Kier alpha value is -7.43. The molecule has 31 nitrogen and oxygen atoms in total. The molecule has 1 aliphatic heterocycles. The molecule has 1 aromatic rings. The van der Waals surface area contributed by atoms with E-state index >= 15 is 0 Å². The number of benzene rings is 1. The van der Waals surface area contributed by atoms with Gasteiger partial charge in [0.05, 0.1) is 25.2 Å². The Kier molecular flexibility index (Phi) is 35.1. The lowest BCUT2D eigenvalue weighted by Gasteiger charge is -2.29. The number of likely N-dealkylation sites (tertiary alicyclic amines) is 1. The number of aliphatic hydroxyl groups excluding tert-OH is 2. The van der Waals surface area contributed by atoms with E-state index in [0.717, 1.165) is 13.8 Å². The SMILES string of the molecule is CCSSCC(NC(=O)C(NC(=O)CNC(=O)C(CCSC)NC(=O)C(CCCN=C(N)N)NC(=O)C(Cc1ccccc1)NC(=O)C1CCCN1C(=O)C(C)NC(C)=O)C(C)CC)C(=O)NC(C(=O)NC(C(=O)NC(CC(N)=O)C(N)=O)C(C)O)C(C)O. The quantitative estimate of drug-likeness (QED) is 0.0127. The molecule has 1 heterocycles. The van der Waals surface area contributed by atoms with Gasteiger partial charge in [-0.05, 0) is 76.4 Å². The number of rotatable bonds is 40. The van der Waals surface area contributed by atoms with Crippen molar-refractivity contribution in [3.8, 4) is 0 Å². The number of nitrogens with two attached hydrogens (primary N) is 4. The summed E-state index contributed by atoms with van der Waals surface area (Å²) >= 11 is 1.35. The van der Waals surface area contributed by atoms with Gasteiger partial charge in [0.2, 0.25) is 76.8 Å². The molecule has 20 N–H and O–H groups in total. The zero-order chi connectivity index (χ0) is 67.1. The van der Waals surface area contributed by atoms with Crippen LogP contribution in [0.2, 0.25) is 0 Å². The first-order valence-corrected chi connectivity index (χ1v) is 32.9. The lowest BCUT2D eigenvalue weighted by Crippen LogP contribution is -2.63. The standard InChI is InChI=1S/C55H90N16O15S3/c1-9-28(3)42(51(83)67-38(27-89-88-10-2)49(81)69-44(31(6)73)53(85)70-43(30(5)72)52(84)65-36(45(57)77)25-40(56)75)68-41(76)26-61-46(78)35(20-23-87-8)64-47(79)34(18-14-21-60-55(58)59)63-48(80)37(24-33-16-12-11-13-17-33)66-50(82)39-19-15-22-71(39)54(86)29(4)62-32(7)74/h11-13,16-17,28-31,34-39,42-44,72-73H,9-10,14-15,18-27H2,1-8H3,(H2,56,75)(H2,57,77)(H,61,78)(H,62,74)(H,63,80)(H,64,79)(H,65,84)(H,66,82)(H,67,83)(H,68,76)(H,69,81)(H,70,85)(H4,58,59,60). The molecule has 0 bridgehead atoms. The maximum absolute atomic E-state index is 14.4. The molecule has 0 aromatic heterocycles. The number of hydrogen-bond acceptors (Lipinski definition) is 19. The van der Waals surface area contributed by atoms with Crippen LogP contribution in [0.5, 0.6) is 0 Å². The minimum Gasteiger partial charge on any atom is -0.391 e. The van der Waals surface area contributed by atoms with E-state index in [1.54, 1.807) is 50.4 Å². The largest absolute Gasteiger partial charge is 0.391 e. The molecule has 0 saturated carbocycles. The molecular weight excluding hydrogens is 1220 g/mol. The topological polar surface area (TPSA) is 502 Å². The smallest absolute Gasteiger partial charge is 0.245 e. The van der Waals surface area contributed by atoms with Gasteiger partial charge >= 0.3 is 0 Å². The summed E-state index contributed by atoms with van der Waals surface area (Å²) in [5.74, 6) is -11.1. The van der Waals surface area contributed by atoms with Crippen LogP contribution < -0.4 is 76.1 Å². The van der Waals surface area contributed by atoms with E-state index in [9.17, 15) is 72.5 Å². The third-order valence-electron chi connectivity index (χ3n) is 13.9. The van der Waals surface area contributed by atoms with Crippen molar-refractivity contribution in [2.75, 3.05) is 43.1 Å². The first-order valence-electron chi connectivity index (χ1n) is 29.0. The van der Waals surface area contributed by atoms with Gasteiger partial charge in [0.15, 0.2) is 5.96 Å². The number of aliphatic hydroxyl groups is 2. The lowest BCUT2D eigenvalue weighted by molar-refractivity contribution is -0.141. The predicted molar refractivity (Wildman–Crippen MR) is 336 cm³/mol. The molecule has 13 unspecified atom stereocenters. The van der Waals surface area contributed by atoms with Crippen molar-refractivity contribution >= 4 is 116 Å². The van der Waals surface area contributed by atoms with E-state index in [1.165, 1.54) is 52.1 Å². The van der Waals surface area contributed by atoms with Crippen molar-refractivity contribution in [3.05, 3.63) is 35.9 Å². The van der Waals surface area contributed by atoms with Gasteiger partial charge in [0, 0.05) is 37.9 Å². The van der Waals surface area contributed by atoms with Crippen LogP contribution in [0.25, 0.3) is 0 Å². The number of amides is 13. The van der Waals surface area contributed by atoms with Crippen molar-refractivity contribution in [2.45, 2.75) is 172 Å². The highest BCUT2D eigenvalue weighted by molar-refractivity contribution is 8.76. The third kappa shape index (κ3) is 27.9. The number of thioether (sulfide) groups is 1. The monoisotopic (exact) mass is 1310 g/mol. The summed E-state index contributed by atoms with van der Waals surface area (Å²) in [5.41, 5.74) is 22.2. The number of primary amides is 2. The predicted octanol–water partition coefficient (Wildman–Crippen LogP) is -4.88. The van der Waals surface area contributed by atoms with Gasteiger partial charge in [0.25, 0.3) is 0 Å². The van der Waals surface area contributed by atoms with Crippen molar-refractivity contribution in [3.63, 3.8) is 0 Å². The Morgan fingerprint density at radius 3 is 1.75 bits per heavy atom. The van der Waals surface area contributed by atoms with Gasteiger partial charge in [-0.25, -0.2) is 0 Å². The Balaban J connectivity index is 2.36. The summed E-state index contributed by atoms with van der Waals surface area (Å²) in [6.07, 6.45) is -1.05. The van der Waals surface area contributed by atoms with Gasteiger partial charge in [-0.3, -0.25) is 67.3 Å². The van der Waals surface area contributed by atoms with Crippen LogP contribution in [-0.2, 0) is 68.7 Å². The molecule has 1 fully saturated rings. The number of guanidine groups is 1. The number of aliphatic imine (C=N–C) groups is 1. The van der Waals surface area contributed by atoms with Crippen molar-refractivity contribution in [1.82, 2.24) is 58.1 Å². The van der Waals surface area contributed by atoms with Gasteiger partial charge < -0.3 is 91.2 Å². The maximum atomic E-state index is 14.4. The summed E-state index contributed by atoms with van der Waals surface area (Å²) < 4.78 is 0. The molecule has 1 saturated heterocycles. The molecule has 0 spiro atoms. The van der Waals surface area contributed by atoms with Crippen LogP contribution >= 0.6 is 33.3 Å². The molecule has 2 rings (SSSR count). The molecule has 0 radical (unpaired) electrons. The van der Waals surface area contributed by atoms with Crippen LogP contribution in [0.3, 0.4) is 0 Å². The zero-order valence-corrected chi connectivity index (χ0v) is 53.9. The minimum atomic E-state index is -1.81. The lowest BCUT2D eigenvalue weighted by atomic mass is 9.98. The molecule has 1 aliphatic rings. The van der Waals surface area contributed by atoms with Crippen molar-refractivity contribution in [2.24, 2.45) is 33.8 Å². The minimum absolute atomic E-state index is 0.0364. The highest BCUT2D eigenvalue weighted by Gasteiger charge is 2.40. The second-order valence-electron chi connectivity index (χ2n) is 21.2. The normalized spacial score (nSPS) is 16.8. The van der Waals surface area contributed by atoms with Crippen LogP contribution in [0.4, 0.5) is 0 Å². The molecule has 34 heteroatoms. The number of carbonyl (C=O) groups is 13. The van der Waals surface area contributed by atoms with Crippen LogP contribution in [0, 0.1) is 5.92 Å². The number of hydrogen-bond donors (Lipinski definition) is 16. The summed E-state index contributed by atoms with van der Waals surface area (Å²) in [4.78, 5) is 179. The zero-order valence-electron chi connectivity index (χ0n) is 51.4. The van der Waals surface area contributed by atoms with Crippen LogP contribution in [0.1, 0.15) is 99.0 Å². The van der Waals surface area contributed by atoms with Crippen molar-refractivity contribution < 1.29 is 72.5 Å². The number of nitrogens with zero attached hydrogens (tertiary/aromatic N) is 2. The Bertz CT molecular complexity index is 2620. The molecule has 1 aromatic carbocycles. The van der Waals surface area contributed by atoms with Gasteiger partial charge in [-0.2, -0.15) is 11.8 Å². The molecule has 13 atom stereocenters. The van der Waals surface area contributed by atoms with E-state index in [4.69, 9.17) is 22.9 Å². The molecule has 13 amide bonds. The number of nitrogens with one attached hydrogen (secondary N) is 10. The molecular formula is C55H90N16O15S3. The third-order valence-corrected chi connectivity index (χ3v) is 17.0. The van der Waals surface area contributed by atoms with E-state index in [1.807, 2.05) is 6.92 Å². The highest BCUT2D eigenvalue weighted by atomic mass is 33.1. The fourth-order valence-electron chi connectivity index (χ4n) is 8.92. The number of carbonyl (C=O) groups excluding carboxylic acids is 13. The van der Waals surface area contributed by atoms with E-state index < -0.39 is 168 Å². The molecule has 498 valence electrons. The first-order chi connectivity index (χ1) is 41.9. The summed E-state index contributed by atoms with van der Waals surface area (Å²) in [7, 11) is 2.50. The van der Waals surface area contributed by atoms with Crippen molar-refractivity contribution in [1.29, 1.82) is 0 Å². The van der Waals surface area contributed by atoms with E-state index in [0.29, 0.717) is 29.9 Å². The average Bonchev–Trinajstić information content (AvgIpc) is 3.99. The second-order valence-corrected chi connectivity index (χ2v) is 25.0. The van der Waals surface area contributed by atoms with Gasteiger partial charge in [-0.1, -0.05) is 79.1 Å². The summed E-state index contributed by atoms with van der Waals surface area (Å²) in [6.45, 7) is 9.80. The Morgan fingerprint density at radius 1 is 0.652 bits per heavy atom. The summed E-state index contributed by atoms with van der Waals surface area (Å²) in [6, 6.07) is -5.08. The van der Waals surface area contributed by atoms with E-state index in [-0.39, 0.29) is 56.9 Å². The van der Waals surface area contributed by atoms with Crippen LogP contribution in [-0.4, -0.2) is 214 Å².